The van der Waals surface area contributed by atoms with Crippen LogP contribution in [-0.4, -0.2) is 12.1 Å². The van der Waals surface area contributed by atoms with Crippen LogP contribution in [0.1, 0.15) is 32.6 Å². The maximum absolute atomic E-state index is 3.74. The summed E-state index contributed by atoms with van der Waals surface area (Å²) in [5.74, 6) is 0. The average Bonchev–Trinajstić information content (AvgIpc) is 1.88. The summed E-state index contributed by atoms with van der Waals surface area (Å²) in [6, 6.07) is 1.43. The lowest BCUT2D eigenvalue weighted by Gasteiger charge is -2.27. The lowest BCUT2D eigenvalue weighted by atomic mass is 9.98. The zero-order chi connectivity index (χ0) is 7.40. The molecule has 58 valence electrons. The predicted octanol–water partition coefficient (Wildman–Crippen LogP) is 2.09. The summed E-state index contributed by atoms with van der Waals surface area (Å²) in [5, 5.41) is 3.55. The van der Waals surface area contributed by atoms with Gasteiger partial charge < -0.3 is 5.32 Å². The zero-order valence-electron chi connectivity index (χ0n) is 6.77. The Morgan fingerprint density at radius 1 is 1.60 bits per heavy atom. The molecular formula is C9H17N. The first-order chi connectivity index (χ1) is 4.83. The Labute approximate surface area is 63.5 Å². The van der Waals surface area contributed by atoms with Crippen molar-refractivity contribution in [3.63, 3.8) is 0 Å². The third-order valence-electron chi connectivity index (χ3n) is 2.16. The van der Waals surface area contributed by atoms with Crippen molar-refractivity contribution in [1.29, 1.82) is 0 Å². The molecule has 0 aromatic rings. The van der Waals surface area contributed by atoms with E-state index in [1.165, 1.54) is 19.3 Å². The molecule has 10 heavy (non-hydrogen) atoms. The molecule has 0 radical (unpaired) electrons. The largest absolute Gasteiger partial charge is 0.311 e. The van der Waals surface area contributed by atoms with Gasteiger partial charge in [0.05, 0.1) is 0 Å². The summed E-state index contributed by atoms with van der Waals surface area (Å²) in [7, 11) is 0. The molecule has 0 bridgehead atoms. The predicted molar refractivity (Wildman–Crippen MR) is 45.1 cm³/mol. The Balaban J connectivity index is 2.24. The highest BCUT2D eigenvalue weighted by atomic mass is 14.9. The van der Waals surface area contributed by atoms with E-state index in [9.17, 15) is 0 Å². The summed E-state index contributed by atoms with van der Waals surface area (Å²) >= 11 is 0. The van der Waals surface area contributed by atoms with Gasteiger partial charge in [-0.25, -0.2) is 0 Å². The first kappa shape index (κ1) is 7.80. The molecule has 1 aliphatic rings. The fourth-order valence-corrected chi connectivity index (χ4v) is 1.63. The van der Waals surface area contributed by atoms with Crippen LogP contribution in [0.15, 0.2) is 12.7 Å². The van der Waals surface area contributed by atoms with Gasteiger partial charge in [0.1, 0.15) is 0 Å². The Bertz CT molecular complexity index is 109. The van der Waals surface area contributed by atoms with Crippen LogP contribution >= 0.6 is 0 Å². The van der Waals surface area contributed by atoms with Crippen molar-refractivity contribution in [2.24, 2.45) is 0 Å². The van der Waals surface area contributed by atoms with Crippen LogP contribution in [-0.2, 0) is 0 Å². The van der Waals surface area contributed by atoms with E-state index in [-0.39, 0.29) is 0 Å². The molecular weight excluding hydrogens is 122 g/mol. The fraction of sp³-hybridized carbons (Fsp3) is 0.778. The van der Waals surface area contributed by atoms with Gasteiger partial charge in [0, 0.05) is 12.1 Å². The van der Waals surface area contributed by atoms with Crippen molar-refractivity contribution in [3.8, 4) is 0 Å². The number of piperidine rings is 1. The van der Waals surface area contributed by atoms with Crippen molar-refractivity contribution >= 4 is 0 Å². The number of hydrogen-bond acceptors (Lipinski definition) is 1. The minimum Gasteiger partial charge on any atom is -0.311 e. The Kier molecular flexibility index (Phi) is 2.94. The van der Waals surface area contributed by atoms with Crippen molar-refractivity contribution in [2.45, 2.75) is 44.7 Å². The van der Waals surface area contributed by atoms with Crippen LogP contribution < -0.4 is 5.32 Å². The van der Waals surface area contributed by atoms with Gasteiger partial charge in [0.25, 0.3) is 0 Å². The molecule has 1 heterocycles. The smallest absolute Gasteiger partial charge is 0.0104 e. The van der Waals surface area contributed by atoms with Crippen molar-refractivity contribution in [2.75, 3.05) is 0 Å². The highest BCUT2D eigenvalue weighted by Gasteiger charge is 2.15. The normalized spacial score (nSPS) is 33.7. The summed E-state index contributed by atoms with van der Waals surface area (Å²) in [6.07, 6.45) is 7.19. The second-order valence-electron chi connectivity index (χ2n) is 3.22. The average molecular weight is 139 g/mol. The van der Waals surface area contributed by atoms with Gasteiger partial charge in [-0.05, 0) is 26.2 Å². The first-order valence-corrected chi connectivity index (χ1v) is 4.20. The van der Waals surface area contributed by atoms with E-state index >= 15 is 0 Å². The molecule has 1 nitrogen and oxygen atoms in total. The Morgan fingerprint density at radius 2 is 2.40 bits per heavy atom. The van der Waals surface area contributed by atoms with Gasteiger partial charge >= 0.3 is 0 Å². The summed E-state index contributed by atoms with van der Waals surface area (Å²) in [6.45, 7) is 6.00. The summed E-state index contributed by atoms with van der Waals surface area (Å²) in [5.41, 5.74) is 0. The molecule has 0 aliphatic carbocycles. The molecule has 0 aromatic heterocycles. The second kappa shape index (κ2) is 3.77. The van der Waals surface area contributed by atoms with Crippen molar-refractivity contribution in [3.05, 3.63) is 12.7 Å². The monoisotopic (exact) mass is 139 g/mol. The third kappa shape index (κ3) is 2.14. The van der Waals surface area contributed by atoms with Gasteiger partial charge in [-0.2, -0.15) is 0 Å². The lowest BCUT2D eigenvalue weighted by Crippen LogP contribution is -2.39. The Morgan fingerprint density at radius 3 is 3.00 bits per heavy atom. The Hall–Kier alpha value is -0.300. The van der Waals surface area contributed by atoms with E-state index in [1.54, 1.807) is 0 Å². The summed E-state index contributed by atoms with van der Waals surface area (Å²) in [4.78, 5) is 0. The second-order valence-corrected chi connectivity index (χ2v) is 3.22. The lowest BCUT2D eigenvalue weighted by molar-refractivity contribution is 0.337. The van der Waals surface area contributed by atoms with Crippen LogP contribution in [0.5, 0.6) is 0 Å². The highest BCUT2D eigenvalue weighted by Crippen LogP contribution is 2.14. The number of nitrogens with one attached hydrogen (secondary N) is 1. The standard InChI is InChI=1S/C9H17N/c1-3-5-9-7-4-6-8(2)10-9/h3,8-10H,1,4-7H2,2H3. The van der Waals surface area contributed by atoms with Crippen LogP contribution in [0, 0.1) is 0 Å². The molecule has 0 spiro atoms. The van der Waals surface area contributed by atoms with Crippen LogP contribution in [0.25, 0.3) is 0 Å². The molecule has 0 saturated carbocycles. The zero-order valence-corrected chi connectivity index (χ0v) is 6.77. The van der Waals surface area contributed by atoms with E-state index in [0.717, 1.165) is 12.5 Å². The van der Waals surface area contributed by atoms with Crippen molar-refractivity contribution < 1.29 is 0 Å². The van der Waals surface area contributed by atoms with Crippen molar-refractivity contribution in [1.82, 2.24) is 5.32 Å². The molecule has 1 aliphatic heterocycles. The van der Waals surface area contributed by atoms with Gasteiger partial charge in [-0.15, -0.1) is 6.58 Å². The van der Waals surface area contributed by atoms with Crippen LogP contribution in [0.2, 0.25) is 0 Å². The van der Waals surface area contributed by atoms with E-state index in [1.807, 2.05) is 6.08 Å². The molecule has 1 N–H and O–H groups in total. The quantitative estimate of drug-likeness (QED) is 0.578. The SMILES string of the molecule is C=CCC1CCCC(C)N1. The number of rotatable bonds is 2. The van der Waals surface area contributed by atoms with Crippen LogP contribution in [0.3, 0.4) is 0 Å². The van der Waals surface area contributed by atoms with E-state index in [4.69, 9.17) is 0 Å². The molecule has 1 heteroatoms. The van der Waals surface area contributed by atoms with E-state index in [0.29, 0.717) is 6.04 Å². The molecule has 2 unspecified atom stereocenters. The minimum absolute atomic E-state index is 0.709. The molecule has 2 atom stereocenters. The maximum Gasteiger partial charge on any atom is 0.0104 e. The van der Waals surface area contributed by atoms with E-state index in [2.05, 4.69) is 18.8 Å². The van der Waals surface area contributed by atoms with Crippen LogP contribution in [0.4, 0.5) is 0 Å². The first-order valence-electron chi connectivity index (χ1n) is 4.20. The molecule has 0 aromatic carbocycles. The molecule has 1 saturated heterocycles. The number of hydrogen-bond donors (Lipinski definition) is 1. The summed E-state index contributed by atoms with van der Waals surface area (Å²) < 4.78 is 0. The van der Waals surface area contributed by atoms with Gasteiger partial charge in [0.15, 0.2) is 0 Å². The van der Waals surface area contributed by atoms with Gasteiger partial charge in [-0.3, -0.25) is 0 Å². The molecule has 1 fully saturated rings. The third-order valence-corrected chi connectivity index (χ3v) is 2.16. The van der Waals surface area contributed by atoms with E-state index < -0.39 is 0 Å². The van der Waals surface area contributed by atoms with Gasteiger partial charge in [-0.1, -0.05) is 12.5 Å². The fourth-order valence-electron chi connectivity index (χ4n) is 1.63. The van der Waals surface area contributed by atoms with Gasteiger partial charge in [0.2, 0.25) is 0 Å². The minimum atomic E-state index is 0.709. The molecule has 1 rings (SSSR count). The highest BCUT2D eigenvalue weighted by molar-refractivity contribution is 4.83. The topological polar surface area (TPSA) is 12.0 Å². The maximum atomic E-state index is 3.74. The molecule has 0 amide bonds.